The molecule has 4 saturated heterocycles. The molecule has 50 heavy (non-hydrogen) atoms. The lowest BCUT2D eigenvalue weighted by molar-refractivity contribution is -0.252. The Labute approximate surface area is 297 Å². The summed E-state index contributed by atoms with van der Waals surface area (Å²) in [4.78, 5) is 39.0. The van der Waals surface area contributed by atoms with Crippen molar-refractivity contribution in [3.8, 4) is 0 Å². The van der Waals surface area contributed by atoms with Gasteiger partial charge in [0.05, 0.1) is 28.8 Å². The molecule has 4 fully saturated rings. The summed E-state index contributed by atoms with van der Waals surface area (Å²) in [6, 6.07) is 18.8. The van der Waals surface area contributed by atoms with Crippen LogP contribution < -0.4 is 5.32 Å². The fourth-order valence-corrected chi connectivity index (χ4v) is 10.1. The first-order valence-electron chi connectivity index (χ1n) is 19.2. The molecular weight excluding hydrogens is 623 g/mol. The van der Waals surface area contributed by atoms with E-state index < -0.39 is 11.2 Å². The highest BCUT2D eigenvalue weighted by molar-refractivity contribution is 6.03. The minimum atomic E-state index is -0.875. The van der Waals surface area contributed by atoms with E-state index in [2.05, 4.69) is 66.4 Å². The van der Waals surface area contributed by atoms with Gasteiger partial charge in [-0.3, -0.25) is 39.5 Å². The van der Waals surface area contributed by atoms with Gasteiger partial charge in [0.15, 0.2) is 11.4 Å². The molecule has 10 nitrogen and oxygen atoms in total. The number of ketones is 1. The van der Waals surface area contributed by atoms with Gasteiger partial charge in [-0.25, -0.2) is 5.01 Å². The van der Waals surface area contributed by atoms with E-state index in [-0.39, 0.29) is 11.8 Å². The van der Waals surface area contributed by atoms with Crippen molar-refractivity contribution in [3.63, 3.8) is 0 Å². The van der Waals surface area contributed by atoms with Crippen LogP contribution in [0.1, 0.15) is 75.4 Å². The number of piperidine rings is 2. The van der Waals surface area contributed by atoms with Crippen LogP contribution in [0.4, 0.5) is 0 Å². The number of nitrogens with zero attached hydrogens (tertiary/aromatic N) is 8. The second-order valence-electron chi connectivity index (χ2n) is 14.7. The van der Waals surface area contributed by atoms with Gasteiger partial charge in [0.25, 0.3) is 0 Å². The van der Waals surface area contributed by atoms with Crippen molar-refractivity contribution < 1.29 is 4.79 Å². The van der Waals surface area contributed by atoms with Crippen LogP contribution >= 0.6 is 0 Å². The highest BCUT2D eigenvalue weighted by Gasteiger charge is 2.74. The van der Waals surface area contributed by atoms with Crippen LogP contribution in [0.25, 0.3) is 5.70 Å². The average molecular weight is 676 g/mol. The zero-order valence-electron chi connectivity index (χ0n) is 29.7. The van der Waals surface area contributed by atoms with Crippen molar-refractivity contribution in [2.75, 3.05) is 65.4 Å². The quantitative estimate of drug-likeness (QED) is 0.369. The van der Waals surface area contributed by atoms with E-state index in [1.54, 1.807) is 6.92 Å². The molecule has 5 aliphatic rings. The van der Waals surface area contributed by atoms with E-state index >= 15 is 0 Å². The van der Waals surface area contributed by atoms with Gasteiger partial charge < -0.3 is 5.32 Å². The van der Waals surface area contributed by atoms with Crippen LogP contribution in [0.2, 0.25) is 0 Å². The predicted octanol–water partition coefficient (Wildman–Crippen LogP) is 4.49. The van der Waals surface area contributed by atoms with E-state index in [1.807, 2.05) is 36.8 Å². The normalized spacial score (nSPS) is 29.4. The van der Waals surface area contributed by atoms with Gasteiger partial charge in [-0.2, -0.15) is 0 Å². The molecule has 0 radical (unpaired) electrons. The first-order chi connectivity index (χ1) is 24.7. The van der Waals surface area contributed by atoms with Gasteiger partial charge in [-0.1, -0.05) is 31.0 Å². The van der Waals surface area contributed by atoms with Gasteiger partial charge >= 0.3 is 0 Å². The van der Waals surface area contributed by atoms with Crippen LogP contribution in [0, 0.1) is 0 Å². The Bertz CT molecular complexity index is 1610. The number of nitrogens with one attached hydrogen (secondary N) is 1. The van der Waals surface area contributed by atoms with E-state index in [9.17, 15) is 4.79 Å². The summed E-state index contributed by atoms with van der Waals surface area (Å²) in [6.07, 6.45) is 14.9. The Kier molecular flexibility index (Phi) is 9.81. The third kappa shape index (κ3) is 5.42. The monoisotopic (exact) mass is 675 g/mol. The molecule has 0 bridgehead atoms. The van der Waals surface area contributed by atoms with Gasteiger partial charge in [-0.05, 0) is 108 Å². The standard InChI is InChI=1S/C40H53N9O/c1-32(50)36-37(33-16-4-7-19-42-33)49(48-28-12-3-13-29-48)40(35-18-6-9-21-44-35,47-30-22-41-23-31-47)39(46-26-14-15-27-46,34-17-5-8-20-43-34)38(36)45-24-10-2-11-25-45/h4-9,16-21,38,41H,2-3,10-15,22-31H2,1H3. The number of carbonyl (C=O) groups is 1. The summed E-state index contributed by atoms with van der Waals surface area (Å²) >= 11 is 0. The number of pyridine rings is 3. The number of Topliss-reactive ketones (excluding diaryl/α,β-unsaturated/α-hetero) is 1. The minimum Gasteiger partial charge on any atom is -0.314 e. The molecule has 264 valence electrons. The number of likely N-dealkylation sites (tertiary alicyclic amines) is 2. The van der Waals surface area contributed by atoms with Crippen molar-refractivity contribution in [1.29, 1.82) is 0 Å². The number of hydrogen-bond acceptors (Lipinski definition) is 10. The van der Waals surface area contributed by atoms with Gasteiger partial charge in [-0.15, -0.1) is 0 Å². The predicted molar refractivity (Wildman–Crippen MR) is 195 cm³/mol. The third-order valence-electron chi connectivity index (χ3n) is 11.9. The van der Waals surface area contributed by atoms with Crippen LogP contribution in [0.3, 0.4) is 0 Å². The number of aromatic nitrogens is 3. The van der Waals surface area contributed by atoms with Crippen molar-refractivity contribution in [3.05, 3.63) is 95.8 Å². The number of rotatable bonds is 8. The molecule has 10 heteroatoms. The van der Waals surface area contributed by atoms with Crippen LogP contribution in [0.5, 0.6) is 0 Å². The van der Waals surface area contributed by atoms with Crippen molar-refractivity contribution in [2.45, 2.75) is 75.5 Å². The number of hydrazine groups is 1. The molecule has 0 aliphatic carbocycles. The number of piperazine rings is 1. The minimum absolute atomic E-state index is 0.109. The molecule has 8 heterocycles. The van der Waals surface area contributed by atoms with Gasteiger partial charge in [0.1, 0.15) is 5.54 Å². The van der Waals surface area contributed by atoms with Crippen LogP contribution in [-0.4, -0.2) is 117 Å². The fourth-order valence-electron chi connectivity index (χ4n) is 10.1. The van der Waals surface area contributed by atoms with E-state index in [1.165, 1.54) is 12.8 Å². The van der Waals surface area contributed by atoms with E-state index in [0.29, 0.717) is 0 Å². The topological polar surface area (TPSA) is 84.0 Å². The molecule has 0 saturated carbocycles. The second-order valence-corrected chi connectivity index (χ2v) is 14.7. The molecular formula is C40H53N9O. The molecule has 8 rings (SSSR count). The second kappa shape index (κ2) is 14.6. The summed E-state index contributed by atoms with van der Waals surface area (Å²) in [5.74, 6) is 0.109. The van der Waals surface area contributed by atoms with Crippen molar-refractivity contribution >= 4 is 11.5 Å². The summed E-state index contributed by atoms with van der Waals surface area (Å²) < 4.78 is 0. The molecule has 3 atom stereocenters. The SMILES string of the molecule is CC(=O)C1=C(c2ccccn2)N(N2CCCCC2)C(c2ccccn2)(N2CCNCC2)C(c2ccccn2)(N2CCCC2)C1N1CCCCC1. The molecule has 0 amide bonds. The first kappa shape index (κ1) is 33.6. The Balaban J connectivity index is 1.61. The number of hydrogen-bond donors (Lipinski definition) is 1. The lowest BCUT2D eigenvalue weighted by Gasteiger charge is -2.70. The summed E-state index contributed by atoms with van der Waals surface area (Å²) in [5, 5.41) is 8.85. The average Bonchev–Trinajstić information content (AvgIpc) is 3.74. The molecule has 3 unspecified atom stereocenters. The highest BCUT2D eigenvalue weighted by atomic mass is 16.1. The Morgan fingerprint density at radius 1 is 0.660 bits per heavy atom. The zero-order chi connectivity index (χ0) is 34.0. The van der Waals surface area contributed by atoms with Gasteiger partial charge in [0, 0.05) is 63.4 Å². The van der Waals surface area contributed by atoms with Crippen molar-refractivity contribution in [2.24, 2.45) is 0 Å². The summed E-state index contributed by atoms with van der Waals surface area (Å²) in [6.45, 7) is 10.7. The Morgan fingerprint density at radius 2 is 1.24 bits per heavy atom. The Hall–Kier alpha value is -3.54. The van der Waals surface area contributed by atoms with Gasteiger partial charge in [0.2, 0.25) is 0 Å². The van der Waals surface area contributed by atoms with E-state index in [0.717, 1.165) is 132 Å². The molecule has 3 aromatic rings. The zero-order valence-corrected chi connectivity index (χ0v) is 29.7. The summed E-state index contributed by atoms with van der Waals surface area (Å²) in [7, 11) is 0. The molecule has 0 spiro atoms. The van der Waals surface area contributed by atoms with Crippen LogP contribution in [-0.2, 0) is 16.0 Å². The Morgan fingerprint density at radius 3 is 1.82 bits per heavy atom. The summed E-state index contributed by atoms with van der Waals surface area (Å²) in [5.41, 5.74) is 2.98. The maximum atomic E-state index is 14.9. The molecule has 3 aromatic heterocycles. The first-order valence-corrected chi connectivity index (χ1v) is 19.2. The lowest BCUT2D eigenvalue weighted by atomic mass is 9.63. The molecule has 1 N–H and O–H groups in total. The lowest BCUT2D eigenvalue weighted by Crippen LogP contribution is -2.83. The molecule has 0 aromatic carbocycles. The maximum absolute atomic E-state index is 14.9. The fraction of sp³-hybridized carbons (Fsp3) is 0.550. The van der Waals surface area contributed by atoms with Crippen LogP contribution in [0.15, 0.2) is 78.8 Å². The largest absolute Gasteiger partial charge is 0.314 e. The third-order valence-corrected chi connectivity index (χ3v) is 11.9. The highest BCUT2D eigenvalue weighted by Crippen LogP contribution is 2.62. The number of carbonyl (C=O) groups excluding carboxylic acids is 1. The smallest absolute Gasteiger partial charge is 0.178 e. The molecule has 5 aliphatic heterocycles. The van der Waals surface area contributed by atoms with Crippen molar-refractivity contribution in [1.82, 2.24) is 45.0 Å². The maximum Gasteiger partial charge on any atom is 0.178 e. The van der Waals surface area contributed by atoms with E-state index in [4.69, 9.17) is 15.0 Å².